The van der Waals surface area contributed by atoms with Gasteiger partial charge in [-0.2, -0.15) is 5.10 Å². The number of carbonyl (C=O) groups excluding carboxylic acids is 1. The van der Waals surface area contributed by atoms with Crippen LogP contribution in [-0.4, -0.2) is 45.2 Å². The summed E-state index contributed by atoms with van der Waals surface area (Å²) in [6.45, 7) is 1.80. The molecule has 0 radical (unpaired) electrons. The van der Waals surface area contributed by atoms with Crippen molar-refractivity contribution in [3.8, 4) is 0 Å². The second kappa shape index (κ2) is 7.71. The highest BCUT2D eigenvalue weighted by atomic mass is 16.1. The van der Waals surface area contributed by atoms with Crippen LogP contribution in [-0.2, 0) is 11.2 Å². The van der Waals surface area contributed by atoms with Crippen molar-refractivity contribution in [3.05, 3.63) is 36.5 Å². The van der Waals surface area contributed by atoms with Crippen LogP contribution in [0.3, 0.4) is 0 Å². The van der Waals surface area contributed by atoms with Crippen LogP contribution in [0, 0.1) is 0 Å². The quantitative estimate of drug-likeness (QED) is 0.839. The molecule has 23 heavy (non-hydrogen) atoms. The summed E-state index contributed by atoms with van der Waals surface area (Å²) in [6.07, 6.45) is 13.1. The first kappa shape index (κ1) is 15.5. The number of H-pyrrole nitrogens is 1. The molecule has 1 aliphatic rings. The van der Waals surface area contributed by atoms with Crippen molar-refractivity contribution >= 4 is 11.7 Å². The van der Waals surface area contributed by atoms with Crippen LogP contribution in [0.5, 0.6) is 0 Å². The van der Waals surface area contributed by atoms with Gasteiger partial charge in [-0.25, -0.2) is 4.98 Å². The molecule has 7 nitrogen and oxygen atoms in total. The summed E-state index contributed by atoms with van der Waals surface area (Å²) < 4.78 is 0. The van der Waals surface area contributed by atoms with Crippen molar-refractivity contribution in [3.63, 3.8) is 0 Å². The fourth-order valence-corrected chi connectivity index (χ4v) is 2.87. The highest BCUT2D eigenvalue weighted by Gasteiger charge is 2.21. The van der Waals surface area contributed by atoms with Crippen LogP contribution in [0.15, 0.2) is 31.0 Å². The number of hydrogen-bond donors (Lipinski definition) is 2. The van der Waals surface area contributed by atoms with Gasteiger partial charge in [-0.05, 0) is 31.2 Å². The first-order valence-corrected chi connectivity index (χ1v) is 8.09. The van der Waals surface area contributed by atoms with E-state index in [9.17, 15) is 4.79 Å². The Balaban J connectivity index is 1.36. The van der Waals surface area contributed by atoms with Gasteiger partial charge >= 0.3 is 0 Å². The fraction of sp³-hybridized carbons (Fsp3) is 0.500. The van der Waals surface area contributed by atoms with Crippen LogP contribution >= 0.6 is 0 Å². The van der Waals surface area contributed by atoms with Crippen LogP contribution in [0.4, 0.5) is 5.82 Å². The van der Waals surface area contributed by atoms with Gasteiger partial charge < -0.3 is 10.2 Å². The SMILES string of the molecule is O=C(CCCc1cn[nH]c1)NC1CCN(c2cnccn2)CC1. The monoisotopic (exact) mass is 314 g/mol. The molecule has 0 atom stereocenters. The lowest BCUT2D eigenvalue weighted by atomic mass is 10.0. The minimum atomic E-state index is 0.145. The first-order chi connectivity index (χ1) is 11.3. The molecule has 3 heterocycles. The van der Waals surface area contributed by atoms with Crippen LogP contribution in [0.2, 0.25) is 0 Å². The van der Waals surface area contributed by atoms with Crippen molar-refractivity contribution in [1.29, 1.82) is 0 Å². The lowest BCUT2D eigenvalue weighted by molar-refractivity contribution is -0.122. The van der Waals surface area contributed by atoms with Crippen LogP contribution in [0.1, 0.15) is 31.2 Å². The van der Waals surface area contributed by atoms with Gasteiger partial charge in [0.2, 0.25) is 5.91 Å². The Labute approximate surface area is 135 Å². The van der Waals surface area contributed by atoms with Gasteiger partial charge in [-0.15, -0.1) is 0 Å². The molecule has 2 aromatic heterocycles. The van der Waals surface area contributed by atoms with E-state index in [0.29, 0.717) is 6.42 Å². The van der Waals surface area contributed by atoms with E-state index >= 15 is 0 Å². The van der Waals surface area contributed by atoms with Crippen molar-refractivity contribution in [2.45, 2.75) is 38.1 Å². The number of nitrogens with one attached hydrogen (secondary N) is 2. The number of amides is 1. The van der Waals surface area contributed by atoms with Crippen LogP contribution in [0.25, 0.3) is 0 Å². The minimum Gasteiger partial charge on any atom is -0.355 e. The van der Waals surface area contributed by atoms with Crippen molar-refractivity contribution in [1.82, 2.24) is 25.5 Å². The van der Waals surface area contributed by atoms with E-state index in [1.807, 2.05) is 6.20 Å². The maximum Gasteiger partial charge on any atom is 0.220 e. The van der Waals surface area contributed by atoms with Gasteiger partial charge in [-0.1, -0.05) is 0 Å². The van der Waals surface area contributed by atoms with Gasteiger partial charge in [0.05, 0.1) is 12.4 Å². The normalized spacial score (nSPS) is 15.6. The van der Waals surface area contributed by atoms with E-state index in [2.05, 4.69) is 30.4 Å². The summed E-state index contributed by atoms with van der Waals surface area (Å²) in [6, 6.07) is 0.268. The summed E-state index contributed by atoms with van der Waals surface area (Å²) >= 11 is 0. The fourth-order valence-electron chi connectivity index (χ4n) is 2.87. The standard InChI is InChI=1S/C16H22N6O/c23-16(3-1-2-13-10-19-20-11-13)21-14-4-8-22(9-5-14)15-12-17-6-7-18-15/h6-7,10-12,14H,1-5,8-9H2,(H,19,20)(H,21,23). The number of piperidine rings is 1. The first-order valence-electron chi connectivity index (χ1n) is 8.09. The third-order valence-electron chi connectivity index (χ3n) is 4.16. The molecule has 0 aliphatic carbocycles. The van der Waals surface area contributed by atoms with E-state index in [1.54, 1.807) is 24.8 Å². The second-order valence-corrected chi connectivity index (χ2v) is 5.85. The molecular formula is C16H22N6O. The van der Waals surface area contributed by atoms with Gasteiger partial charge in [0, 0.05) is 44.1 Å². The lowest BCUT2D eigenvalue weighted by Crippen LogP contribution is -2.44. The Morgan fingerprint density at radius 3 is 2.87 bits per heavy atom. The van der Waals surface area contributed by atoms with Gasteiger partial charge in [0.25, 0.3) is 0 Å². The Kier molecular flexibility index (Phi) is 5.18. The van der Waals surface area contributed by atoms with E-state index in [4.69, 9.17) is 0 Å². The molecule has 1 aliphatic heterocycles. The molecule has 1 saturated heterocycles. The molecule has 3 rings (SSSR count). The summed E-state index contributed by atoms with van der Waals surface area (Å²) in [4.78, 5) is 22.7. The molecule has 0 saturated carbocycles. The Hall–Kier alpha value is -2.44. The molecule has 7 heteroatoms. The van der Waals surface area contributed by atoms with E-state index in [1.165, 1.54) is 0 Å². The lowest BCUT2D eigenvalue weighted by Gasteiger charge is -2.32. The van der Waals surface area contributed by atoms with Crippen molar-refractivity contribution < 1.29 is 4.79 Å². The molecular weight excluding hydrogens is 292 g/mol. The van der Waals surface area contributed by atoms with Gasteiger partial charge in [0.1, 0.15) is 5.82 Å². The van der Waals surface area contributed by atoms with Crippen molar-refractivity contribution in [2.75, 3.05) is 18.0 Å². The minimum absolute atomic E-state index is 0.145. The third kappa shape index (κ3) is 4.51. The van der Waals surface area contributed by atoms with E-state index < -0.39 is 0 Å². The predicted octanol–water partition coefficient (Wildman–Crippen LogP) is 1.31. The molecule has 0 aromatic carbocycles. The summed E-state index contributed by atoms with van der Waals surface area (Å²) in [5.74, 6) is 1.06. The van der Waals surface area contributed by atoms with E-state index in [-0.39, 0.29) is 11.9 Å². The maximum atomic E-state index is 12.0. The zero-order chi connectivity index (χ0) is 15.9. The topological polar surface area (TPSA) is 86.8 Å². The largest absolute Gasteiger partial charge is 0.355 e. The number of hydrogen-bond acceptors (Lipinski definition) is 5. The Bertz CT molecular complexity index is 592. The third-order valence-corrected chi connectivity index (χ3v) is 4.16. The van der Waals surface area contributed by atoms with Crippen LogP contribution < -0.4 is 10.2 Å². The Morgan fingerprint density at radius 1 is 1.30 bits per heavy atom. The number of nitrogens with zero attached hydrogens (tertiary/aromatic N) is 4. The number of aromatic nitrogens is 4. The average Bonchev–Trinajstić information content (AvgIpc) is 3.10. The molecule has 0 unspecified atom stereocenters. The smallest absolute Gasteiger partial charge is 0.220 e. The van der Waals surface area contributed by atoms with Gasteiger partial charge in [-0.3, -0.25) is 14.9 Å². The maximum absolute atomic E-state index is 12.0. The number of rotatable bonds is 6. The number of aromatic amines is 1. The number of anilines is 1. The zero-order valence-corrected chi connectivity index (χ0v) is 13.1. The number of aryl methyl sites for hydroxylation is 1. The molecule has 2 aromatic rings. The molecule has 2 N–H and O–H groups in total. The highest BCUT2D eigenvalue weighted by molar-refractivity contribution is 5.76. The summed E-state index contributed by atoms with van der Waals surface area (Å²) in [5.41, 5.74) is 1.15. The molecule has 1 amide bonds. The molecule has 122 valence electrons. The summed E-state index contributed by atoms with van der Waals surface area (Å²) in [7, 11) is 0. The van der Waals surface area contributed by atoms with E-state index in [0.717, 1.165) is 50.2 Å². The predicted molar refractivity (Wildman–Crippen MR) is 86.9 cm³/mol. The zero-order valence-electron chi connectivity index (χ0n) is 13.1. The average molecular weight is 314 g/mol. The van der Waals surface area contributed by atoms with Crippen molar-refractivity contribution in [2.24, 2.45) is 0 Å². The second-order valence-electron chi connectivity index (χ2n) is 5.85. The summed E-state index contributed by atoms with van der Waals surface area (Å²) in [5, 5.41) is 9.84. The Morgan fingerprint density at radius 2 is 2.17 bits per heavy atom. The highest BCUT2D eigenvalue weighted by Crippen LogP contribution is 2.16. The molecule has 1 fully saturated rings. The molecule has 0 bridgehead atoms. The molecule has 0 spiro atoms. The number of carbonyl (C=O) groups is 1. The van der Waals surface area contributed by atoms with Gasteiger partial charge in [0.15, 0.2) is 0 Å².